The molecule has 20 heavy (non-hydrogen) atoms. The van der Waals surface area contributed by atoms with Crippen LogP contribution in [-0.4, -0.2) is 53.8 Å². The predicted molar refractivity (Wildman–Crippen MR) is 70.6 cm³/mol. The van der Waals surface area contributed by atoms with Crippen molar-refractivity contribution in [1.82, 2.24) is 20.4 Å². The van der Waals surface area contributed by atoms with Gasteiger partial charge in [0.05, 0.1) is 25.3 Å². The highest BCUT2D eigenvalue weighted by molar-refractivity contribution is 5.81. The first-order valence-corrected chi connectivity index (χ1v) is 6.57. The van der Waals surface area contributed by atoms with E-state index >= 15 is 0 Å². The van der Waals surface area contributed by atoms with Gasteiger partial charge in [0, 0.05) is 13.6 Å². The zero-order valence-corrected chi connectivity index (χ0v) is 12.0. The number of morpholine rings is 1. The molecule has 0 saturated carbocycles. The Morgan fingerprint density at radius 2 is 2.35 bits per heavy atom. The van der Waals surface area contributed by atoms with Crippen molar-refractivity contribution >= 4 is 5.91 Å². The van der Waals surface area contributed by atoms with Crippen LogP contribution in [0.5, 0.6) is 0 Å². The number of nitrogens with zero attached hydrogens (tertiary/aromatic N) is 3. The van der Waals surface area contributed by atoms with Crippen LogP contribution in [0.15, 0.2) is 4.52 Å². The van der Waals surface area contributed by atoms with Gasteiger partial charge < -0.3 is 20.3 Å². The Morgan fingerprint density at radius 1 is 1.60 bits per heavy atom. The van der Waals surface area contributed by atoms with Gasteiger partial charge in [-0.2, -0.15) is 4.98 Å². The molecule has 0 spiro atoms. The van der Waals surface area contributed by atoms with E-state index in [9.17, 15) is 4.79 Å². The van der Waals surface area contributed by atoms with Crippen LogP contribution in [0.2, 0.25) is 0 Å². The third kappa shape index (κ3) is 3.33. The number of nitrogens with one attached hydrogen (secondary N) is 1. The first-order chi connectivity index (χ1) is 9.41. The lowest BCUT2D eigenvalue weighted by molar-refractivity contribution is -0.132. The molecule has 1 amide bonds. The van der Waals surface area contributed by atoms with Gasteiger partial charge in [-0.1, -0.05) is 5.16 Å². The normalized spacial score (nSPS) is 20.9. The lowest BCUT2D eigenvalue weighted by atomic mass is 10.1. The largest absolute Gasteiger partial charge is 0.378 e. The summed E-state index contributed by atoms with van der Waals surface area (Å²) in [4.78, 5) is 18.1. The quantitative estimate of drug-likeness (QED) is 0.745. The Hall–Kier alpha value is -1.51. The summed E-state index contributed by atoms with van der Waals surface area (Å²) < 4.78 is 10.5. The van der Waals surface area contributed by atoms with Crippen LogP contribution in [0, 0.1) is 0 Å². The maximum Gasteiger partial charge on any atom is 0.240 e. The van der Waals surface area contributed by atoms with E-state index in [1.807, 2.05) is 18.7 Å². The molecular weight excluding hydrogens is 262 g/mol. The van der Waals surface area contributed by atoms with E-state index in [0.29, 0.717) is 38.0 Å². The van der Waals surface area contributed by atoms with Crippen LogP contribution in [0.3, 0.4) is 0 Å². The van der Waals surface area contributed by atoms with Crippen molar-refractivity contribution in [2.45, 2.75) is 32.0 Å². The fourth-order valence-corrected chi connectivity index (χ4v) is 1.99. The molecule has 1 aromatic rings. The summed E-state index contributed by atoms with van der Waals surface area (Å²) in [5.74, 6) is 0.829. The molecule has 1 aliphatic rings. The molecule has 1 saturated heterocycles. The minimum absolute atomic E-state index is 0.0800. The lowest BCUT2D eigenvalue weighted by Crippen LogP contribution is -2.52. The maximum absolute atomic E-state index is 11.8. The van der Waals surface area contributed by atoms with Crippen molar-refractivity contribution in [3.8, 4) is 0 Å². The summed E-state index contributed by atoms with van der Waals surface area (Å²) >= 11 is 0. The monoisotopic (exact) mass is 283 g/mol. The Morgan fingerprint density at radius 3 is 2.95 bits per heavy atom. The van der Waals surface area contributed by atoms with Gasteiger partial charge in [-0.15, -0.1) is 0 Å². The zero-order chi connectivity index (χ0) is 14.8. The number of hydrogen-bond acceptors (Lipinski definition) is 7. The molecule has 0 bridgehead atoms. The number of aromatic nitrogens is 2. The molecule has 1 aromatic heterocycles. The number of hydrogen-bond donors (Lipinski definition) is 2. The van der Waals surface area contributed by atoms with Crippen molar-refractivity contribution in [2.75, 3.05) is 26.8 Å². The fourth-order valence-electron chi connectivity index (χ4n) is 1.99. The van der Waals surface area contributed by atoms with Crippen molar-refractivity contribution in [3.63, 3.8) is 0 Å². The van der Waals surface area contributed by atoms with Gasteiger partial charge in [0.2, 0.25) is 11.8 Å². The number of rotatable bonds is 4. The first kappa shape index (κ1) is 14.9. The second-order valence-corrected chi connectivity index (χ2v) is 5.41. The van der Waals surface area contributed by atoms with Crippen molar-refractivity contribution < 1.29 is 14.1 Å². The minimum atomic E-state index is -0.646. The van der Waals surface area contributed by atoms with E-state index in [1.165, 1.54) is 0 Å². The highest BCUT2D eigenvalue weighted by Gasteiger charge is 2.30. The number of ether oxygens (including phenoxy) is 1. The molecule has 1 unspecified atom stereocenters. The molecule has 8 nitrogen and oxygen atoms in total. The molecule has 8 heteroatoms. The summed E-state index contributed by atoms with van der Waals surface area (Å²) in [5, 5.41) is 6.51. The van der Waals surface area contributed by atoms with E-state index < -0.39 is 5.54 Å². The summed E-state index contributed by atoms with van der Waals surface area (Å²) in [7, 11) is 1.61. The van der Waals surface area contributed by atoms with Crippen LogP contribution in [0.1, 0.15) is 25.6 Å². The second-order valence-electron chi connectivity index (χ2n) is 5.41. The van der Waals surface area contributed by atoms with Gasteiger partial charge in [-0.05, 0) is 13.8 Å². The molecule has 0 aromatic carbocycles. The van der Waals surface area contributed by atoms with Crippen LogP contribution in [0.25, 0.3) is 0 Å². The third-order valence-corrected chi connectivity index (χ3v) is 3.17. The molecule has 112 valence electrons. The van der Waals surface area contributed by atoms with E-state index in [0.717, 1.165) is 0 Å². The van der Waals surface area contributed by atoms with E-state index in [1.54, 1.807) is 7.05 Å². The molecule has 1 aliphatic heterocycles. The Labute approximate surface area is 117 Å². The third-order valence-electron chi connectivity index (χ3n) is 3.17. The number of carbonyl (C=O) groups excluding carboxylic acids is 1. The summed E-state index contributed by atoms with van der Waals surface area (Å²) in [6.07, 6.45) is 0. The van der Waals surface area contributed by atoms with Gasteiger partial charge in [0.15, 0.2) is 5.82 Å². The Balaban J connectivity index is 2.07. The Kier molecular flexibility index (Phi) is 4.36. The minimum Gasteiger partial charge on any atom is -0.378 e. The van der Waals surface area contributed by atoms with Crippen LogP contribution >= 0.6 is 0 Å². The average Bonchev–Trinajstić information content (AvgIpc) is 2.87. The van der Waals surface area contributed by atoms with Crippen LogP contribution in [-0.2, 0) is 21.6 Å². The lowest BCUT2D eigenvalue weighted by Gasteiger charge is -2.32. The molecular formula is C12H21N5O3. The average molecular weight is 283 g/mol. The van der Waals surface area contributed by atoms with E-state index in [2.05, 4.69) is 15.5 Å². The highest BCUT2D eigenvalue weighted by Crippen LogP contribution is 2.15. The number of carbonyl (C=O) groups is 1. The summed E-state index contributed by atoms with van der Waals surface area (Å²) in [6, 6.07) is -0.338. The topological polar surface area (TPSA) is 107 Å². The van der Waals surface area contributed by atoms with Gasteiger partial charge in [-0.25, -0.2) is 0 Å². The predicted octanol–water partition coefficient (Wildman–Crippen LogP) is -0.790. The van der Waals surface area contributed by atoms with Crippen LogP contribution in [0.4, 0.5) is 0 Å². The molecule has 2 rings (SSSR count). The summed E-state index contributed by atoms with van der Waals surface area (Å²) in [5.41, 5.74) is 5.27. The number of likely N-dealkylation sites (N-methyl/N-ethyl adjacent to an activating group) is 1. The molecule has 3 N–H and O–H groups in total. The molecule has 1 atom stereocenters. The molecule has 0 aliphatic carbocycles. The van der Waals surface area contributed by atoms with Gasteiger partial charge in [0.25, 0.3) is 0 Å². The number of nitrogens with two attached hydrogens (primary N) is 1. The van der Waals surface area contributed by atoms with Crippen molar-refractivity contribution in [1.29, 1.82) is 0 Å². The fraction of sp³-hybridized carbons (Fsp3) is 0.750. The molecule has 2 heterocycles. The smallest absolute Gasteiger partial charge is 0.240 e. The van der Waals surface area contributed by atoms with Crippen molar-refractivity contribution in [3.05, 3.63) is 11.7 Å². The summed E-state index contributed by atoms with van der Waals surface area (Å²) in [6.45, 7) is 5.61. The first-order valence-electron chi connectivity index (χ1n) is 6.57. The zero-order valence-electron chi connectivity index (χ0n) is 12.0. The van der Waals surface area contributed by atoms with Gasteiger partial charge in [-0.3, -0.25) is 9.69 Å². The van der Waals surface area contributed by atoms with Crippen LogP contribution < -0.4 is 11.1 Å². The number of amides is 1. The second kappa shape index (κ2) is 5.86. The SMILES string of the molecule is CNC(=O)C1COCCN1Cc1nc(C(C)(C)N)no1. The maximum atomic E-state index is 11.8. The highest BCUT2D eigenvalue weighted by atomic mass is 16.5. The molecule has 1 fully saturated rings. The Bertz CT molecular complexity index is 468. The molecule has 0 radical (unpaired) electrons. The van der Waals surface area contributed by atoms with Gasteiger partial charge in [0.1, 0.15) is 6.04 Å². The standard InChI is InChI=1S/C12H21N5O3/c1-12(2,13)11-15-9(20-16-11)6-17-4-5-19-7-8(17)10(18)14-3/h8H,4-7,13H2,1-3H3,(H,14,18). The van der Waals surface area contributed by atoms with E-state index in [-0.39, 0.29) is 11.9 Å². The van der Waals surface area contributed by atoms with E-state index in [4.69, 9.17) is 15.0 Å². The van der Waals surface area contributed by atoms with Gasteiger partial charge >= 0.3 is 0 Å². The van der Waals surface area contributed by atoms with Crippen molar-refractivity contribution in [2.24, 2.45) is 5.73 Å².